The first-order valence-corrected chi connectivity index (χ1v) is 6.14. The molecular weight excluding hydrogens is 277 g/mol. The van der Waals surface area contributed by atoms with Gasteiger partial charge in [0.05, 0.1) is 12.0 Å². The molecule has 1 aromatic carbocycles. The van der Waals surface area contributed by atoms with Gasteiger partial charge in [0.15, 0.2) is 0 Å². The molecule has 0 spiro atoms. The van der Waals surface area contributed by atoms with Gasteiger partial charge in [-0.05, 0) is 18.2 Å². The van der Waals surface area contributed by atoms with Crippen LogP contribution < -0.4 is 16.8 Å². The summed E-state index contributed by atoms with van der Waals surface area (Å²) in [4.78, 5) is 26.9. The van der Waals surface area contributed by atoms with Crippen molar-refractivity contribution in [1.29, 1.82) is 0 Å². The lowest BCUT2D eigenvalue weighted by Crippen LogP contribution is -2.16. The van der Waals surface area contributed by atoms with Gasteiger partial charge in [0.25, 0.3) is 5.91 Å². The molecular formula is C13H14FN5O2. The quantitative estimate of drug-likeness (QED) is 0.736. The van der Waals surface area contributed by atoms with Gasteiger partial charge in [0, 0.05) is 24.8 Å². The van der Waals surface area contributed by atoms with Crippen LogP contribution in [0.2, 0.25) is 0 Å². The van der Waals surface area contributed by atoms with E-state index in [0.29, 0.717) is 13.1 Å². The Morgan fingerprint density at radius 2 is 2.14 bits per heavy atom. The predicted molar refractivity (Wildman–Crippen MR) is 74.2 cm³/mol. The zero-order chi connectivity index (χ0) is 15.4. The van der Waals surface area contributed by atoms with Gasteiger partial charge in [-0.15, -0.1) is 0 Å². The number of imidazole rings is 1. The Bertz CT molecular complexity index is 683. The molecule has 0 atom stereocenters. The summed E-state index contributed by atoms with van der Waals surface area (Å²) in [5, 5.41) is 2.35. The number of benzene rings is 1. The molecule has 0 aliphatic heterocycles. The molecule has 1 heterocycles. The van der Waals surface area contributed by atoms with Crippen LogP contribution in [0.1, 0.15) is 20.8 Å². The maximum atomic E-state index is 13.6. The fraction of sp³-hybridized carbons (Fsp3) is 0.154. The molecule has 2 aromatic rings. The van der Waals surface area contributed by atoms with Gasteiger partial charge in [0.2, 0.25) is 5.91 Å². The average Bonchev–Trinajstić information content (AvgIpc) is 2.90. The van der Waals surface area contributed by atoms with Gasteiger partial charge in [-0.1, -0.05) is 0 Å². The first kappa shape index (κ1) is 14.7. The summed E-state index contributed by atoms with van der Waals surface area (Å²) in [6.07, 6.45) is 2.95. The average molecular weight is 291 g/mol. The topological polar surface area (TPSA) is 116 Å². The maximum absolute atomic E-state index is 13.6. The summed E-state index contributed by atoms with van der Waals surface area (Å²) in [5.41, 5.74) is 10.6. The van der Waals surface area contributed by atoms with Crippen LogP contribution in [0.15, 0.2) is 30.7 Å². The number of amides is 2. The van der Waals surface area contributed by atoms with Crippen LogP contribution in [0.4, 0.5) is 10.1 Å². The number of nitrogens with one attached hydrogen (secondary N) is 1. The first-order chi connectivity index (χ1) is 10.0. The Balaban J connectivity index is 2.18. The second-order valence-electron chi connectivity index (χ2n) is 4.30. The SMILES string of the molecule is NCCn1cnc(C(=O)Nc2cc(C(N)=O)ccc2F)c1. The van der Waals surface area contributed by atoms with Gasteiger partial charge >= 0.3 is 0 Å². The molecule has 0 aliphatic rings. The third kappa shape index (κ3) is 3.42. The lowest BCUT2D eigenvalue weighted by atomic mass is 10.2. The zero-order valence-electron chi connectivity index (χ0n) is 11.0. The molecule has 0 unspecified atom stereocenters. The van der Waals surface area contributed by atoms with Crippen molar-refractivity contribution in [2.24, 2.45) is 11.5 Å². The molecule has 0 radical (unpaired) electrons. The van der Waals surface area contributed by atoms with Crippen LogP contribution in [0.25, 0.3) is 0 Å². The van der Waals surface area contributed by atoms with Gasteiger partial charge in [-0.2, -0.15) is 0 Å². The van der Waals surface area contributed by atoms with Crippen LogP contribution in [0, 0.1) is 5.82 Å². The van der Waals surface area contributed by atoms with Crippen molar-refractivity contribution in [3.05, 3.63) is 47.8 Å². The Morgan fingerprint density at radius 3 is 2.81 bits per heavy atom. The zero-order valence-corrected chi connectivity index (χ0v) is 11.0. The molecule has 110 valence electrons. The number of primary amides is 1. The number of rotatable bonds is 5. The predicted octanol–water partition coefficient (Wildman–Crippen LogP) is 0.332. The lowest BCUT2D eigenvalue weighted by molar-refractivity contribution is 0.0995. The third-order valence-corrected chi connectivity index (χ3v) is 2.75. The number of hydrogen-bond donors (Lipinski definition) is 3. The van der Waals surface area contributed by atoms with E-state index in [1.54, 1.807) is 4.57 Å². The first-order valence-electron chi connectivity index (χ1n) is 6.14. The van der Waals surface area contributed by atoms with Gasteiger partial charge < -0.3 is 21.4 Å². The highest BCUT2D eigenvalue weighted by Crippen LogP contribution is 2.16. The number of carbonyl (C=O) groups excluding carboxylic acids is 2. The van der Waals surface area contributed by atoms with Crippen molar-refractivity contribution in [3.8, 4) is 0 Å². The van der Waals surface area contributed by atoms with E-state index in [-0.39, 0.29) is 16.9 Å². The molecule has 1 aromatic heterocycles. The Kier molecular flexibility index (Phi) is 4.29. The number of anilines is 1. The van der Waals surface area contributed by atoms with Crippen molar-refractivity contribution < 1.29 is 14.0 Å². The summed E-state index contributed by atoms with van der Waals surface area (Å²) in [7, 11) is 0. The highest BCUT2D eigenvalue weighted by molar-refractivity contribution is 6.03. The van der Waals surface area contributed by atoms with E-state index in [4.69, 9.17) is 11.5 Å². The van der Waals surface area contributed by atoms with E-state index < -0.39 is 17.6 Å². The minimum absolute atomic E-state index is 0.0976. The van der Waals surface area contributed by atoms with Crippen LogP contribution in [0.3, 0.4) is 0 Å². The molecule has 2 rings (SSSR count). The maximum Gasteiger partial charge on any atom is 0.275 e. The van der Waals surface area contributed by atoms with Crippen LogP contribution >= 0.6 is 0 Å². The second kappa shape index (κ2) is 6.14. The van der Waals surface area contributed by atoms with E-state index in [2.05, 4.69) is 10.3 Å². The molecule has 0 bridgehead atoms. The monoisotopic (exact) mass is 291 g/mol. The summed E-state index contributed by atoms with van der Waals surface area (Å²) < 4.78 is 15.3. The minimum atomic E-state index is -0.710. The third-order valence-electron chi connectivity index (χ3n) is 2.75. The normalized spacial score (nSPS) is 10.4. The molecule has 21 heavy (non-hydrogen) atoms. The summed E-state index contributed by atoms with van der Waals surface area (Å²) in [5.74, 6) is -1.97. The number of nitrogens with zero attached hydrogens (tertiary/aromatic N) is 2. The molecule has 2 amide bonds. The molecule has 0 fully saturated rings. The van der Waals surface area contributed by atoms with Crippen molar-refractivity contribution in [3.63, 3.8) is 0 Å². The summed E-state index contributed by atoms with van der Waals surface area (Å²) >= 11 is 0. The highest BCUT2D eigenvalue weighted by atomic mass is 19.1. The molecule has 7 nitrogen and oxygen atoms in total. The van der Waals surface area contributed by atoms with E-state index >= 15 is 0 Å². The largest absolute Gasteiger partial charge is 0.366 e. The Hall–Kier alpha value is -2.74. The number of halogens is 1. The van der Waals surface area contributed by atoms with E-state index in [9.17, 15) is 14.0 Å². The Labute approximate surface area is 119 Å². The van der Waals surface area contributed by atoms with Crippen molar-refractivity contribution in [2.75, 3.05) is 11.9 Å². The van der Waals surface area contributed by atoms with Gasteiger partial charge in [0.1, 0.15) is 11.5 Å². The molecule has 0 saturated heterocycles. The van der Waals surface area contributed by atoms with Gasteiger partial charge in [-0.25, -0.2) is 9.37 Å². The second-order valence-corrected chi connectivity index (χ2v) is 4.30. The fourth-order valence-corrected chi connectivity index (χ4v) is 1.71. The van der Waals surface area contributed by atoms with Crippen LogP contribution in [-0.2, 0) is 6.54 Å². The molecule has 0 saturated carbocycles. The number of carbonyl (C=O) groups is 2. The van der Waals surface area contributed by atoms with Crippen molar-refractivity contribution >= 4 is 17.5 Å². The molecule has 5 N–H and O–H groups in total. The minimum Gasteiger partial charge on any atom is -0.366 e. The van der Waals surface area contributed by atoms with E-state index in [1.165, 1.54) is 24.7 Å². The van der Waals surface area contributed by atoms with Crippen LogP contribution in [-0.4, -0.2) is 27.9 Å². The molecule has 8 heteroatoms. The summed E-state index contributed by atoms with van der Waals surface area (Å²) in [6, 6.07) is 3.47. The Morgan fingerprint density at radius 1 is 1.38 bits per heavy atom. The van der Waals surface area contributed by atoms with E-state index in [1.807, 2.05) is 0 Å². The van der Waals surface area contributed by atoms with Gasteiger partial charge in [-0.3, -0.25) is 9.59 Å². The lowest BCUT2D eigenvalue weighted by Gasteiger charge is -2.06. The smallest absolute Gasteiger partial charge is 0.275 e. The highest BCUT2D eigenvalue weighted by Gasteiger charge is 2.13. The number of nitrogens with two attached hydrogens (primary N) is 2. The van der Waals surface area contributed by atoms with Crippen molar-refractivity contribution in [2.45, 2.75) is 6.54 Å². The fourth-order valence-electron chi connectivity index (χ4n) is 1.71. The van der Waals surface area contributed by atoms with Crippen molar-refractivity contribution in [1.82, 2.24) is 9.55 Å². The molecule has 0 aliphatic carbocycles. The van der Waals surface area contributed by atoms with Crippen LogP contribution in [0.5, 0.6) is 0 Å². The summed E-state index contributed by atoms with van der Waals surface area (Å²) in [6.45, 7) is 0.929. The number of aromatic nitrogens is 2. The standard InChI is InChI=1S/C13H14FN5O2/c14-9-2-1-8(12(16)20)5-10(9)18-13(21)11-6-19(4-3-15)7-17-11/h1-2,5-7H,3-4,15H2,(H2,16,20)(H,18,21). The number of hydrogen-bond acceptors (Lipinski definition) is 4. The van der Waals surface area contributed by atoms with E-state index in [0.717, 1.165) is 6.07 Å².